The molecule has 2 rings (SSSR count). The first-order chi connectivity index (χ1) is 13.5. The SMILES string of the molecule is CS(=O)(=O)c1ccc([C@@H](O)[C@@H](CF)NC(=O)Cc2ccc(C(N)=O)c(O)c2)cc1. The van der Waals surface area contributed by atoms with Crippen molar-refractivity contribution >= 4 is 21.7 Å². The van der Waals surface area contributed by atoms with E-state index in [0.29, 0.717) is 5.56 Å². The van der Waals surface area contributed by atoms with Gasteiger partial charge in [0, 0.05) is 6.26 Å². The molecule has 0 saturated carbocycles. The van der Waals surface area contributed by atoms with Gasteiger partial charge in [0.05, 0.1) is 22.9 Å². The molecule has 156 valence electrons. The molecular weight excluding hydrogens is 403 g/mol. The first-order valence-corrected chi connectivity index (χ1v) is 10.4. The molecule has 0 radical (unpaired) electrons. The number of nitrogens with two attached hydrogens (primary N) is 1. The van der Waals surface area contributed by atoms with Crippen molar-refractivity contribution < 1.29 is 32.6 Å². The van der Waals surface area contributed by atoms with E-state index in [0.717, 1.165) is 6.26 Å². The molecule has 29 heavy (non-hydrogen) atoms. The number of rotatable bonds is 8. The van der Waals surface area contributed by atoms with Crippen LogP contribution in [-0.4, -0.2) is 49.4 Å². The van der Waals surface area contributed by atoms with Crippen molar-refractivity contribution in [3.8, 4) is 5.75 Å². The van der Waals surface area contributed by atoms with Gasteiger partial charge in [0.1, 0.15) is 18.5 Å². The fourth-order valence-corrected chi connectivity index (χ4v) is 3.32. The van der Waals surface area contributed by atoms with E-state index >= 15 is 0 Å². The Balaban J connectivity index is 2.07. The second-order valence-corrected chi connectivity index (χ2v) is 8.52. The van der Waals surface area contributed by atoms with E-state index in [1.165, 1.54) is 42.5 Å². The van der Waals surface area contributed by atoms with Gasteiger partial charge in [0.15, 0.2) is 9.84 Å². The standard InChI is InChI=1S/C19H21FN2O6S/c1-29(27,28)13-5-3-12(4-6-13)18(25)15(10-20)22-17(24)9-11-2-7-14(19(21)26)16(23)8-11/h2-8,15,18,23,25H,9-10H2,1H3,(H2,21,26)(H,22,24)/t15-,18-/m1/s1. The zero-order valence-corrected chi connectivity index (χ0v) is 16.3. The lowest BCUT2D eigenvalue weighted by Crippen LogP contribution is -2.41. The van der Waals surface area contributed by atoms with E-state index in [9.17, 15) is 32.6 Å². The zero-order chi connectivity index (χ0) is 21.8. The van der Waals surface area contributed by atoms with E-state index in [1.54, 1.807) is 0 Å². The second kappa shape index (κ2) is 9.01. The number of halogens is 1. The molecule has 0 unspecified atom stereocenters. The third-order valence-corrected chi connectivity index (χ3v) is 5.36. The molecule has 0 heterocycles. The predicted molar refractivity (Wildman–Crippen MR) is 103 cm³/mol. The molecule has 2 amide bonds. The van der Waals surface area contributed by atoms with Crippen LogP contribution in [0.1, 0.15) is 27.6 Å². The molecule has 0 bridgehead atoms. The van der Waals surface area contributed by atoms with Crippen LogP contribution in [0.25, 0.3) is 0 Å². The fourth-order valence-electron chi connectivity index (χ4n) is 2.69. The van der Waals surface area contributed by atoms with Crippen molar-refractivity contribution in [1.82, 2.24) is 5.32 Å². The van der Waals surface area contributed by atoms with Gasteiger partial charge in [-0.15, -0.1) is 0 Å². The predicted octanol–water partition coefficient (Wildman–Crippen LogP) is 0.625. The number of benzene rings is 2. The van der Waals surface area contributed by atoms with Crippen LogP contribution in [0.4, 0.5) is 4.39 Å². The largest absolute Gasteiger partial charge is 0.507 e. The molecule has 8 nitrogen and oxygen atoms in total. The topological polar surface area (TPSA) is 147 Å². The highest BCUT2D eigenvalue weighted by atomic mass is 32.2. The summed E-state index contributed by atoms with van der Waals surface area (Å²) in [6, 6.07) is 7.89. The van der Waals surface area contributed by atoms with E-state index in [2.05, 4.69) is 5.32 Å². The first-order valence-electron chi connectivity index (χ1n) is 8.48. The number of phenols is 1. The Hall–Kier alpha value is -2.98. The Morgan fingerprint density at radius 2 is 1.79 bits per heavy atom. The lowest BCUT2D eigenvalue weighted by atomic mass is 10.0. The fraction of sp³-hybridized carbons (Fsp3) is 0.263. The van der Waals surface area contributed by atoms with E-state index in [1.807, 2.05) is 0 Å². The van der Waals surface area contributed by atoms with Crippen molar-refractivity contribution in [2.24, 2.45) is 5.73 Å². The van der Waals surface area contributed by atoms with Gasteiger partial charge in [0.25, 0.3) is 5.91 Å². The van der Waals surface area contributed by atoms with Crippen LogP contribution >= 0.6 is 0 Å². The molecule has 0 saturated heterocycles. The highest BCUT2D eigenvalue weighted by molar-refractivity contribution is 7.90. The lowest BCUT2D eigenvalue weighted by molar-refractivity contribution is -0.122. The monoisotopic (exact) mass is 424 g/mol. The minimum Gasteiger partial charge on any atom is -0.507 e. The van der Waals surface area contributed by atoms with Crippen LogP contribution in [0.2, 0.25) is 0 Å². The Kier molecular flexibility index (Phi) is 6.93. The van der Waals surface area contributed by atoms with Gasteiger partial charge >= 0.3 is 0 Å². The molecule has 0 aliphatic carbocycles. The van der Waals surface area contributed by atoms with Crippen molar-refractivity contribution in [1.29, 1.82) is 0 Å². The van der Waals surface area contributed by atoms with Crippen LogP contribution < -0.4 is 11.1 Å². The average molecular weight is 424 g/mol. The van der Waals surface area contributed by atoms with Crippen LogP contribution in [-0.2, 0) is 21.1 Å². The van der Waals surface area contributed by atoms with Gasteiger partial charge in [-0.2, -0.15) is 0 Å². The summed E-state index contributed by atoms with van der Waals surface area (Å²) in [6.45, 7) is -1.06. The van der Waals surface area contributed by atoms with Gasteiger partial charge in [-0.25, -0.2) is 12.8 Å². The van der Waals surface area contributed by atoms with Crippen LogP contribution in [0.15, 0.2) is 47.4 Å². The Labute approximate surface area is 167 Å². The highest BCUT2D eigenvalue weighted by Crippen LogP contribution is 2.21. The van der Waals surface area contributed by atoms with Crippen molar-refractivity contribution in [2.75, 3.05) is 12.9 Å². The third-order valence-electron chi connectivity index (χ3n) is 4.24. The van der Waals surface area contributed by atoms with E-state index in [4.69, 9.17) is 5.73 Å². The molecule has 0 aliphatic rings. The molecule has 10 heteroatoms. The number of carbonyl (C=O) groups is 2. The molecule has 0 spiro atoms. The van der Waals surface area contributed by atoms with E-state index in [-0.39, 0.29) is 28.2 Å². The maximum atomic E-state index is 13.4. The molecule has 0 fully saturated rings. The average Bonchev–Trinajstić information content (AvgIpc) is 2.64. The normalized spacial score (nSPS) is 13.5. The number of hydrogen-bond donors (Lipinski definition) is 4. The first kappa shape index (κ1) is 22.3. The summed E-state index contributed by atoms with van der Waals surface area (Å²) in [6.07, 6.45) is -0.595. The minimum atomic E-state index is -3.41. The summed E-state index contributed by atoms with van der Waals surface area (Å²) in [5.41, 5.74) is 5.59. The summed E-state index contributed by atoms with van der Waals surface area (Å²) in [5.74, 6) is -1.82. The van der Waals surface area contributed by atoms with Gasteiger partial charge in [-0.05, 0) is 35.4 Å². The number of carbonyl (C=O) groups excluding carboxylic acids is 2. The molecule has 2 aromatic rings. The number of alkyl halides is 1. The number of aromatic hydroxyl groups is 1. The molecule has 5 N–H and O–H groups in total. The number of sulfone groups is 1. The number of nitrogens with one attached hydrogen (secondary N) is 1. The lowest BCUT2D eigenvalue weighted by Gasteiger charge is -2.22. The number of hydrogen-bond acceptors (Lipinski definition) is 6. The smallest absolute Gasteiger partial charge is 0.252 e. The number of primary amides is 1. The Morgan fingerprint density at radius 1 is 1.17 bits per heavy atom. The quantitative estimate of drug-likeness (QED) is 0.489. The van der Waals surface area contributed by atoms with Gasteiger partial charge < -0.3 is 21.3 Å². The molecular formula is C19H21FN2O6S. The summed E-state index contributed by atoms with van der Waals surface area (Å²) in [5, 5.41) is 22.4. The highest BCUT2D eigenvalue weighted by Gasteiger charge is 2.23. The number of aliphatic hydroxyl groups excluding tert-OH is 1. The molecule has 2 aromatic carbocycles. The summed E-state index contributed by atoms with van der Waals surface area (Å²) in [4.78, 5) is 23.3. The number of aliphatic hydroxyl groups is 1. The summed E-state index contributed by atoms with van der Waals surface area (Å²) >= 11 is 0. The van der Waals surface area contributed by atoms with Crippen molar-refractivity contribution in [3.63, 3.8) is 0 Å². The number of amides is 2. The summed E-state index contributed by atoms with van der Waals surface area (Å²) < 4.78 is 36.4. The van der Waals surface area contributed by atoms with E-state index < -0.39 is 40.5 Å². The van der Waals surface area contributed by atoms with Crippen molar-refractivity contribution in [3.05, 3.63) is 59.2 Å². The molecule has 0 aliphatic heterocycles. The maximum Gasteiger partial charge on any atom is 0.252 e. The maximum absolute atomic E-state index is 13.4. The minimum absolute atomic E-state index is 0.0495. The Bertz CT molecular complexity index is 1010. The Morgan fingerprint density at radius 3 is 2.28 bits per heavy atom. The van der Waals surface area contributed by atoms with Gasteiger partial charge in [0.2, 0.25) is 5.91 Å². The molecule has 0 aromatic heterocycles. The molecule has 2 atom stereocenters. The third kappa shape index (κ3) is 5.75. The van der Waals surface area contributed by atoms with Crippen LogP contribution in [0, 0.1) is 0 Å². The second-order valence-electron chi connectivity index (χ2n) is 6.51. The van der Waals surface area contributed by atoms with Crippen molar-refractivity contribution in [2.45, 2.75) is 23.5 Å². The zero-order valence-electron chi connectivity index (χ0n) is 15.5. The van der Waals surface area contributed by atoms with Crippen LogP contribution in [0.5, 0.6) is 5.75 Å². The summed E-state index contributed by atoms with van der Waals surface area (Å²) in [7, 11) is -3.41. The van der Waals surface area contributed by atoms with Crippen LogP contribution in [0.3, 0.4) is 0 Å². The van der Waals surface area contributed by atoms with Gasteiger partial charge in [-0.1, -0.05) is 18.2 Å². The van der Waals surface area contributed by atoms with Gasteiger partial charge in [-0.3, -0.25) is 9.59 Å².